The fourth-order valence-electron chi connectivity index (χ4n) is 1.51. The van der Waals surface area contributed by atoms with Crippen LogP contribution in [-0.2, 0) is 0 Å². The maximum Gasteiger partial charge on any atom is 0.135 e. The molecule has 0 bridgehead atoms. The Bertz CT molecular complexity index is 546. The Morgan fingerprint density at radius 2 is 2.15 bits per heavy atom. The molecule has 0 saturated carbocycles. The highest BCUT2D eigenvalue weighted by Gasteiger charge is 1.99. The molecule has 1 aromatic heterocycles. The van der Waals surface area contributed by atoms with Gasteiger partial charge in [-0.05, 0) is 32.1 Å². The van der Waals surface area contributed by atoms with Gasteiger partial charge in [-0.2, -0.15) is 0 Å². The fourth-order valence-corrected chi connectivity index (χ4v) is 1.51. The molecule has 13 heavy (non-hydrogen) atoms. The number of fused-ring (bicyclic) bond motifs is 1. The lowest BCUT2D eigenvalue weighted by molar-refractivity contribution is 0.575. The third-order valence-corrected chi connectivity index (χ3v) is 2.24. The smallest absolute Gasteiger partial charge is 0.135 e. The number of benzene rings is 1. The Kier molecular flexibility index (Phi) is 1.73. The zero-order valence-corrected chi connectivity index (χ0v) is 7.92. The van der Waals surface area contributed by atoms with Crippen molar-refractivity contribution in [3.8, 4) is 0 Å². The van der Waals surface area contributed by atoms with Crippen molar-refractivity contribution in [3.05, 3.63) is 34.4 Å². The van der Waals surface area contributed by atoms with Crippen LogP contribution in [0.3, 0.4) is 0 Å². The molecule has 0 unspecified atom stereocenters. The van der Waals surface area contributed by atoms with Crippen LogP contribution in [0.25, 0.3) is 23.6 Å². The van der Waals surface area contributed by atoms with Crippen LogP contribution in [-0.4, -0.2) is 0 Å². The van der Waals surface area contributed by atoms with Crippen molar-refractivity contribution in [2.75, 3.05) is 0 Å². The molecule has 0 amide bonds. The minimum absolute atomic E-state index is 0.876. The van der Waals surface area contributed by atoms with Crippen LogP contribution in [0, 0.1) is 6.92 Å². The van der Waals surface area contributed by atoms with Crippen molar-refractivity contribution in [1.82, 2.24) is 0 Å². The molecule has 0 fully saturated rings. The van der Waals surface area contributed by atoms with Crippen molar-refractivity contribution >= 4 is 23.6 Å². The summed E-state index contributed by atoms with van der Waals surface area (Å²) in [6, 6.07) is 6.14. The van der Waals surface area contributed by atoms with E-state index in [2.05, 4.69) is 19.6 Å². The largest absolute Gasteiger partial charge is 0.456 e. The van der Waals surface area contributed by atoms with Crippen molar-refractivity contribution in [2.45, 2.75) is 13.8 Å². The first-order valence-electron chi connectivity index (χ1n) is 4.37. The molecule has 0 radical (unpaired) electrons. The molecule has 0 N–H and O–H groups in total. The third kappa shape index (κ3) is 1.17. The molecule has 0 atom stereocenters. The molecule has 0 aliphatic rings. The summed E-state index contributed by atoms with van der Waals surface area (Å²) in [5, 5.41) is 2.11. The van der Waals surface area contributed by atoms with Crippen LogP contribution in [0.4, 0.5) is 0 Å². The molecule has 1 heterocycles. The third-order valence-electron chi connectivity index (χ3n) is 2.24. The lowest BCUT2D eigenvalue weighted by Gasteiger charge is -1.89. The van der Waals surface area contributed by atoms with Crippen LogP contribution >= 0.6 is 0 Å². The van der Waals surface area contributed by atoms with Gasteiger partial charge >= 0.3 is 0 Å². The van der Waals surface area contributed by atoms with Gasteiger partial charge in [0.2, 0.25) is 0 Å². The summed E-state index contributed by atoms with van der Waals surface area (Å²) in [5.41, 5.74) is 3.03. The summed E-state index contributed by atoms with van der Waals surface area (Å²) in [7, 11) is 0. The first-order valence-corrected chi connectivity index (χ1v) is 4.37. The van der Waals surface area contributed by atoms with E-state index in [1.165, 1.54) is 5.56 Å². The van der Waals surface area contributed by atoms with Gasteiger partial charge in [0, 0.05) is 10.6 Å². The van der Waals surface area contributed by atoms with E-state index in [0.29, 0.717) is 0 Å². The van der Waals surface area contributed by atoms with E-state index < -0.39 is 0 Å². The second-order valence-electron chi connectivity index (χ2n) is 3.23. The van der Waals surface area contributed by atoms with Gasteiger partial charge in [0.15, 0.2) is 0 Å². The fraction of sp³-hybridized carbons (Fsp3) is 0.167. The molecule has 0 spiro atoms. The van der Waals surface area contributed by atoms with Crippen molar-refractivity contribution in [2.24, 2.45) is 0 Å². The quantitative estimate of drug-likeness (QED) is 0.592. The zero-order valence-electron chi connectivity index (χ0n) is 7.92. The second kappa shape index (κ2) is 2.77. The van der Waals surface area contributed by atoms with E-state index in [-0.39, 0.29) is 0 Å². The summed E-state index contributed by atoms with van der Waals surface area (Å²) in [5.74, 6) is 0. The molecule has 2 rings (SSSR count). The normalized spacial score (nSPS) is 12.6. The topological polar surface area (TPSA) is 13.1 Å². The Balaban J connectivity index is 3.03. The second-order valence-corrected chi connectivity index (χ2v) is 3.23. The predicted octanol–water partition coefficient (Wildman–Crippen LogP) is 1.95. The van der Waals surface area contributed by atoms with E-state index in [0.717, 1.165) is 21.6 Å². The molecule has 66 valence electrons. The molecule has 1 aromatic carbocycles. The molecule has 0 aliphatic heterocycles. The minimum atomic E-state index is 0.876. The summed E-state index contributed by atoms with van der Waals surface area (Å²) < 4.78 is 5.58. The molecular weight excluding hydrogens is 160 g/mol. The predicted molar refractivity (Wildman–Crippen MR) is 55.9 cm³/mol. The van der Waals surface area contributed by atoms with Gasteiger partial charge in [-0.1, -0.05) is 18.2 Å². The highest BCUT2D eigenvalue weighted by atomic mass is 16.3. The number of hydrogen-bond acceptors (Lipinski definition) is 1. The van der Waals surface area contributed by atoms with Crippen LogP contribution in [0.2, 0.25) is 0 Å². The van der Waals surface area contributed by atoms with Gasteiger partial charge in [-0.3, -0.25) is 0 Å². The highest BCUT2D eigenvalue weighted by molar-refractivity contribution is 5.78. The van der Waals surface area contributed by atoms with Gasteiger partial charge in [0.25, 0.3) is 0 Å². The Morgan fingerprint density at radius 1 is 1.38 bits per heavy atom. The first-order chi connectivity index (χ1) is 6.22. The lowest BCUT2D eigenvalue weighted by atomic mass is 10.1. The van der Waals surface area contributed by atoms with Crippen molar-refractivity contribution in [1.29, 1.82) is 0 Å². The van der Waals surface area contributed by atoms with Gasteiger partial charge in [-0.25, -0.2) is 0 Å². The molecule has 1 nitrogen and oxygen atoms in total. The van der Waals surface area contributed by atoms with Crippen LogP contribution in [0.15, 0.2) is 22.6 Å². The van der Waals surface area contributed by atoms with E-state index in [1.807, 2.05) is 25.1 Å². The SMILES string of the molecule is C=c1/c(=C\C)oc2ccc(C)cc12. The van der Waals surface area contributed by atoms with E-state index in [4.69, 9.17) is 4.42 Å². The first kappa shape index (κ1) is 8.11. The minimum Gasteiger partial charge on any atom is -0.456 e. The summed E-state index contributed by atoms with van der Waals surface area (Å²) in [4.78, 5) is 0. The van der Waals surface area contributed by atoms with E-state index in [9.17, 15) is 0 Å². The average molecular weight is 172 g/mol. The Hall–Kier alpha value is -1.50. The molecule has 0 aliphatic carbocycles. The molecular formula is C12H12O. The number of rotatable bonds is 0. The molecule has 2 aromatic rings. The number of aryl methyl sites for hydroxylation is 1. The lowest BCUT2D eigenvalue weighted by Crippen LogP contribution is -2.16. The summed E-state index contributed by atoms with van der Waals surface area (Å²) in [6.45, 7) is 8.02. The van der Waals surface area contributed by atoms with Crippen LogP contribution in [0.5, 0.6) is 0 Å². The number of hydrogen-bond donors (Lipinski definition) is 0. The van der Waals surface area contributed by atoms with E-state index in [1.54, 1.807) is 0 Å². The van der Waals surface area contributed by atoms with Gasteiger partial charge in [-0.15, -0.1) is 0 Å². The summed E-state index contributed by atoms with van der Waals surface area (Å²) in [6.07, 6.45) is 1.94. The molecule has 0 saturated heterocycles. The number of furan rings is 1. The Labute approximate surface area is 77.0 Å². The van der Waals surface area contributed by atoms with Crippen molar-refractivity contribution in [3.63, 3.8) is 0 Å². The maximum absolute atomic E-state index is 5.58. The Morgan fingerprint density at radius 3 is 2.85 bits per heavy atom. The van der Waals surface area contributed by atoms with Crippen molar-refractivity contribution < 1.29 is 4.42 Å². The van der Waals surface area contributed by atoms with Gasteiger partial charge in [0.1, 0.15) is 11.0 Å². The summed E-state index contributed by atoms with van der Waals surface area (Å²) >= 11 is 0. The van der Waals surface area contributed by atoms with Crippen LogP contribution < -0.4 is 10.6 Å². The average Bonchev–Trinajstić information content (AvgIpc) is 2.44. The van der Waals surface area contributed by atoms with Gasteiger partial charge in [0.05, 0.1) is 0 Å². The molecule has 1 heteroatoms. The van der Waals surface area contributed by atoms with Gasteiger partial charge < -0.3 is 4.42 Å². The highest BCUT2D eigenvalue weighted by Crippen LogP contribution is 2.09. The monoisotopic (exact) mass is 172 g/mol. The van der Waals surface area contributed by atoms with Crippen LogP contribution in [0.1, 0.15) is 12.5 Å². The van der Waals surface area contributed by atoms with E-state index >= 15 is 0 Å². The maximum atomic E-state index is 5.58. The zero-order chi connectivity index (χ0) is 9.42. The standard InChI is InChI=1S/C12H12O/c1-4-11-9(3)10-7-8(2)5-6-12(10)13-11/h4-7H,3H2,1-2H3/b11-4+.